The van der Waals surface area contributed by atoms with E-state index in [-0.39, 0.29) is 5.82 Å². The topological polar surface area (TPSA) is 9.23 Å². The molecule has 0 spiro atoms. The summed E-state index contributed by atoms with van der Waals surface area (Å²) in [6.07, 6.45) is 7.65. The van der Waals surface area contributed by atoms with Gasteiger partial charge < -0.3 is 4.74 Å². The first-order valence-electron chi connectivity index (χ1n) is 7.78. The van der Waals surface area contributed by atoms with Gasteiger partial charge in [-0.3, -0.25) is 0 Å². The number of benzene rings is 1. The van der Waals surface area contributed by atoms with Gasteiger partial charge in [0.15, 0.2) is 0 Å². The molecule has 0 aromatic heterocycles. The number of halogens is 2. The molecule has 1 aliphatic heterocycles. The molecule has 3 rings (SSSR count). The number of fused-ring (bicyclic) bond motifs is 1. The molecule has 2 aliphatic rings. The first-order chi connectivity index (χ1) is 9.67. The predicted molar refractivity (Wildman–Crippen MR) is 82.5 cm³/mol. The van der Waals surface area contributed by atoms with Crippen molar-refractivity contribution in [3.63, 3.8) is 0 Å². The molecule has 0 radical (unpaired) electrons. The summed E-state index contributed by atoms with van der Waals surface area (Å²) in [4.78, 5) is 0. The zero-order valence-electron chi connectivity index (χ0n) is 12.0. The van der Waals surface area contributed by atoms with Crippen molar-refractivity contribution in [3.05, 3.63) is 28.0 Å². The summed E-state index contributed by atoms with van der Waals surface area (Å²) in [6, 6.07) is 3.41. The van der Waals surface area contributed by atoms with Crippen molar-refractivity contribution in [1.82, 2.24) is 0 Å². The lowest BCUT2D eigenvalue weighted by atomic mass is 9.73. The lowest BCUT2D eigenvalue weighted by molar-refractivity contribution is 0.127. The summed E-state index contributed by atoms with van der Waals surface area (Å²) >= 11 is 3.23. The zero-order valence-corrected chi connectivity index (χ0v) is 13.6. The zero-order chi connectivity index (χ0) is 14.1. The van der Waals surface area contributed by atoms with Crippen LogP contribution in [0.25, 0.3) is 0 Å². The SMILES string of the molecule is CCC1CCC(C2COc3cc(Br)c(F)cc3C2)CC1. The Balaban J connectivity index is 1.68. The van der Waals surface area contributed by atoms with E-state index in [1.807, 2.05) is 0 Å². The van der Waals surface area contributed by atoms with Gasteiger partial charge in [0, 0.05) is 0 Å². The van der Waals surface area contributed by atoms with Crippen LogP contribution in [-0.2, 0) is 6.42 Å². The molecule has 0 amide bonds. The van der Waals surface area contributed by atoms with E-state index in [1.165, 1.54) is 32.1 Å². The maximum absolute atomic E-state index is 13.7. The highest BCUT2D eigenvalue weighted by Crippen LogP contribution is 2.40. The average Bonchev–Trinajstić information content (AvgIpc) is 2.48. The van der Waals surface area contributed by atoms with E-state index in [0.29, 0.717) is 10.4 Å². The summed E-state index contributed by atoms with van der Waals surface area (Å²) in [7, 11) is 0. The van der Waals surface area contributed by atoms with Gasteiger partial charge in [-0.25, -0.2) is 4.39 Å². The van der Waals surface area contributed by atoms with E-state index < -0.39 is 0 Å². The lowest BCUT2D eigenvalue weighted by Crippen LogP contribution is -2.30. The largest absolute Gasteiger partial charge is 0.493 e. The van der Waals surface area contributed by atoms with Crippen molar-refractivity contribution < 1.29 is 9.13 Å². The molecule has 0 saturated heterocycles. The fourth-order valence-electron chi connectivity index (χ4n) is 3.77. The van der Waals surface area contributed by atoms with E-state index in [9.17, 15) is 4.39 Å². The number of rotatable bonds is 2. The Morgan fingerprint density at radius 3 is 2.65 bits per heavy atom. The number of hydrogen-bond donors (Lipinski definition) is 0. The summed E-state index contributed by atoms with van der Waals surface area (Å²) < 4.78 is 20.1. The minimum atomic E-state index is -0.178. The molecule has 1 nitrogen and oxygen atoms in total. The second kappa shape index (κ2) is 6.05. The van der Waals surface area contributed by atoms with Crippen LogP contribution < -0.4 is 4.74 Å². The van der Waals surface area contributed by atoms with E-state index >= 15 is 0 Å². The van der Waals surface area contributed by atoms with Crippen molar-refractivity contribution in [2.45, 2.75) is 45.4 Å². The molecule has 1 fully saturated rings. The standard InChI is InChI=1S/C17H22BrFO/c1-2-11-3-5-12(6-4-11)14-7-13-8-16(19)15(18)9-17(13)20-10-14/h8-9,11-12,14H,2-7,10H2,1H3. The van der Waals surface area contributed by atoms with Gasteiger partial charge >= 0.3 is 0 Å². The molecule has 3 heteroatoms. The van der Waals surface area contributed by atoms with E-state index in [4.69, 9.17) is 4.74 Å². The normalized spacial score (nSPS) is 29.6. The number of ether oxygens (including phenoxy) is 1. The highest BCUT2D eigenvalue weighted by Gasteiger charge is 2.31. The van der Waals surface area contributed by atoms with Crippen LogP contribution in [0.5, 0.6) is 5.75 Å². The van der Waals surface area contributed by atoms with Crippen LogP contribution in [0.2, 0.25) is 0 Å². The van der Waals surface area contributed by atoms with Gasteiger partial charge in [0.05, 0.1) is 11.1 Å². The summed E-state index contributed by atoms with van der Waals surface area (Å²) in [5.74, 6) is 2.94. The summed E-state index contributed by atoms with van der Waals surface area (Å²) in [5, 5.41) is 0. The van der Waals surface area contributed by atoms with Crippen molar-refractivity contribution in [1.29, 1.82) is 0 Å². The molecule has 1 saturated carbocycles. The Labute approximate surface area is 129 Å². The Bertz CT molecular complexity index is 480. The molecule has 0 N–H and O–H groups in total. The smallest absolute Gasteiger partial charge is 0.137 e. The Morgan fingerprint density at radius 1 is 1.20 bits per heavy atom. The molecular weight excluding hydrogens is 319 g/mol. The van der Waals surface area contributed by atoms with E-state index in [1.54, 1.807) is 12.1 Å². The predicted octanol–water partition coefficient (Wildman–Crippen LogP) is 5.36. The van der Waals surface area contributed by atoms with Gasteiger partial charge in [0.1, 0.15) is 11.6 Å². The van der Waals surface area contributed by atoms with E-state index in [2.05, 4.69) is 22.9 Å². The molecule has 1 atom stereocenters. The van der Waals surface area contributed by atoms with Crippen LogP contribution in [0.1, 0.15) is 44.6 Å². The number of hydrogen-bond acceptors (Lipinski definition) is 1. The van der Waals surface area contributed by atoms with Crippen LogP contribution in [0.15, 0.2) is 16.6 Å². The lowest BCUT2D eigenvalue weighted by Gasteiger charge is -2.36. The Kier molecular flexibility index (Phi) is 4.34. The second-order valence-corrected chi connectivity index (χ2v) is 7.19. The minimum Gasteiger partial charge on any atom is -0.493 e. The van der Waals surface area contributed by atoms with Crippen LogP contribution in [0, 0.1) is 23.6 Å². The fraction of sp³-hybridized carbons (Fsp3) is 0.647. The Hall–Kier alpha value is -0.570. The third-order valence-electron chi connectivity index (χ3n) is 5.17. The third kappa shape index (κ3) is 2.88. The van der Waals surface area contributed by atoms with Crippen LogP contribution in [0.4, 0.5) is 4.39 Å². The van der Waals surface area contributed by atoms with Crippen molar-refractivity contribution in [2.75, 3.05) is 6.61 Å². The third-order valence-corrected chi connectivity index (χ3v) is 5.78. The molecule has 1 aromatic carbocycles. The average molecular weight is 341 g/mol. The summed E-state index contributed by atoms with van der Waals surface area (Å²) in [5.41, 5.74) is 1.04. The molecule has 20 heavy (non-hydrogen) atoms. The highest BCUT2D eigenvalue weighted by molar-refractivity contribution is 9.10. The summed E-state index contributed by atoms with van der Waals surface area (Å²) in [6.45, 7) is 3.10. The minimum absolute atomic E-state index is 0.178. The van der Waals surface area contributed by atoms with Crippen LogP contribution in [0.3, 0.4) is 0 Å². The second-order valence-electron chi connectivity index (χ2n) is 6.34. The van der Waals surface area contributed by atoms with Gasteiger partial charge in [-0.2, -0.15) is 0 Å². The van der Waals surface area contributed by atoms with Crippen molar-refractivity contribution in [2.24, 2.45) is 17.8 Å². The molecule has 1 unspecified atom stereocenters. The maximum Gasteiger partial charge on any atom is 0.137 e. The highest BCUT2D eigenvalue weighted by atomic mass is 79.9. The Morgan fingerprint density at radius 2 is 1.95 bits per heavy atom. The van der Waals surface area contributed by atoms with Gasteiger partial charge in [-0.05, 0) is 70.6 Å². The van der Waals surface area contributed by atoms with E-state index in [0.717, 1.165) is 36.2 Å². The van der Waals surface area contributed by atoms with Crippen molar-refractivity contribution >= 4 is 15.9 Å². The maximum atomic E-state index is 13.7. The van der Waals surface area contributed by atoms with Gasteiger partial charge in [-0.1, -0.05) is 26.2 Å². The molecule has 1 heterocycles. The van der Waals surface area contributed by atoms with Gasteiger partial charge in [-0.15, -0.1) is 0 Å². The van der Waals surface area contributed by atoms with Crippen molar-refractivity contribution in [3.8, 4) is 5.75 Å². The quantitative estimate of drug-likeness (QED) is 0.704. The van der Waals surface area contributed by atoms with Crippen LogP contribution >= 0.6 is 15.9 Å². The molecule has 0 bridgehead atoms. The van der Waals surface area contributed by atoms with Crippen LogP contribution in [-0.4, -0.2) is 6.61 Å². The molecule has 1 aromatic rings. The fourth-order valence-corrected chi connectivity index (χ4v) is 4.09. The molecule has 110 valence electrons. The molecular formula is C17H22BrFO. The first-order valence-corrected chi connectivity index (χ1v) is 8.57. The molecule has 1 aliphatic carbocycles. The first kappa shape index (κ1) is 14.4. The monoisotopic (exact) mass is 340 g/mol. The van der Waals surface area contributed by atoms with Gasteiger partial charge in [0.2, 0.25) is 0 Å². The van der Waals surface area contributed by atoms with Gasteiger partial charge in [0.25, 0.3) is 0 Å².